The Morgan fingerprint density at radius 2 is 1.89 bits per heavy atom. The van der Waals surface area contributed by atoms with Crippen LogP contribution in [-0.4, -0.2) is 17.7 Å². The van der Waals surface area contributed by atoms with Gasteiger partial charge in [0.25, 0.3) is 0 Å². The molecule has 0 saturated heterocycles. The van der Waals surface area contributed by atoms with E-state index in [1.807, 2.05) is 0 Å². The molecular formula is C14H18F2O3. The molecule has 0 aliphatic carbocycles. The summed E-state index contributed by atoms with van der Waals surface area (Å²) in [4.78, 5) is 11.9. The number of ether oxygens (including phenoxy) is 1. The summed E-state index contributed by atoms with van der Waals surface area (Å²) in [5, 5.41) is 10.5. The van der Waals surface area contributed by atoms with E-state index in [1.54, 1.807) is 6.92 Å². The summed E-state index contributed by atoms with van der Waals surface area (Å²) in [7, 11) is 0. The Kier molecular flexibility index (Phi) is 4.30. The van der Waals surface area contributed by atoms with E-state index in [0.29, 0.717) is 0 Å². The molecule has 5 heteroatoms. The number of hydrogen-bond donors (Lipinski definition) is 1. The monoisotopic (exact) mass is 272 g/mol. The Bertz CT molecular complexity index is 482. The van der Waals surface area contributed by atoms with Gasteiger partial charge in [-0.05, 0) is 45.9 Å². The normalized spacial score (nSPS) is 14.9. The van der Waals surface area contributed by atoms with Crippen LogP contribution in [0.3, 0.4) is 0 Å². The Hall–Kier alpha value is -1.49. The van der Waals surface area contributed by atoms with Crippen LogP contribution in [0.5, 0.6) is 0 Å². The number of rotatable bonds is 4. The van der Waals surface area contributed by atoms with Crippen molar-refractivity contribution < 1.29 is 23.4 Å². The summed E-state index contributed by atoms with van der Waals surface area (Å²) in [6, 6.07) is 2.75. The Balaban J connectivity index is 3.29. The molecule has 0 aliphatic rings. The van der Waals surface area contributed by atoms with Gasteiger partial charge in [-0.25, -0.2) is 8.78 Å². The molecule has 0 saturated carbocycles. The molecule has 0 bridgehead atoms. The highest BCUT2D eigenvalue weighted by Gasteiger charge is 2.49. The highest BCUT2D eigenvalue weighted by atomic mass is 19.1. The fourth-order valence-corrected chi connectivity index (χ4v) is 1.72. The lowest BCUT2D eigenvalue weighted by atomic mass is 9.72. The van der Waals surface area contributed by atoms with Crippen LogP contribution in [0.4, 0.5) is 8.78 Å². The second kappa shape index (κ2) is 5.25. The summed E-state index contributed by atoms with van der Waals surface area (Å²) < 4.78 is 31.9. The molecular weight excluding hydrogens is 254 g/mol. The Labute approximate surface area is 111 Å². The molecule has 1 aromatic rings. The van der Waals surface area contributed by atoms with Gasteiger partial charge in [0.2, 0.25) is 0 Å². The molecule has 0 aromatic heterocycles. The van der Waals surface area contributed by atoms with E-state index in [4.69, 9.17) is 4.74 Å². The quantitative estimate of drug-likeness (QED) is 0.857. The molecule has 0 heterocycles. The second-order valence-corrected chi connectivity index (χ2v) is 5.04. The van der Waals surface area contributed by atoms with E-state index in [9.17, 15) is 18.7 Å². The van der Waals surface area contributed by atoms with Gasteiger partial charge >= 0.3 is 5.97 Å². The minimum atomic E-state index is -1.90. The van der Waals surface area contributed by atoms with Crippen LogP contribution in [0.25, 0.3) is 0 Å². The maximum absolute atomic E-state index is 13.8. The van der Waals surface area contributed by atoms with Crippen LogP contribution in [0, 0.1) is 17.0 Å². The van der Waals surface area contributed by atoms with Crippen molar-refractivity contribution in [3.63, 3.8) is 0 Å². The zero-order chi connectivity index (χ0) is 14.8. The number of aliphatic hydroxyl groups is 1. The third-order valence-electron chi connectivity index (χ3n) is 3.46. The van der Waals surface area contributed by atoms with E-state index in [2.05, 4.69) is 0 Å². The van der Waals surface area contributed by atoms with Crippen molar-refractivity contribution in [2.24, 2.45) is 5.41 Å². The summed E-state index contributed by atoms with van der Waals surface area (Å²) in [6.07, 6.45) is 0. The molecule has 1 unspecified atom stereocenters. The first-order chi connectivity index (χ1) is 8.64. The first-order valence-electron chi connectivity index (χ1n) is 5.99. The highest BCUT2D eigenvalue weighted by molar-refractivity contribution is 5.77. The summed E-state index contributed by atoms with van der Waals surface area (Å²) in [6.45, 7) is 5.89. The lowest BCUT2D eigenvalue weighted by molar-refractivity contribution is -0.170. The standard InChI is InChI=1S/C14H18F2O3/c1-5-19-12(17)13(2,3)14(4,18)10-8-9(15)6-7-11(10)16/h6-8,18H,5H2,1-4H3. The van der Waals surface area contributed by atoms with Gasteiger partial charge in [-0.1, -0.05) is 0 Å². The minimum Gasteiger partial charge on any atom is -0.465 e. The van der Waals surface area contributed by atoms with Crippen LogP contribution in [0.2, 0.25) is 0 Å². The van der Waals surface area contributed by atoms with Crippen LogP contribution in [0.1, 0.15) is 33.3 Å². The maximum Gasteiger partial charge on any atom is 0.314 e. The van der Waals surface area contributed by atoms with Gasteiger partial charge < -0.3 is 9.84 Å². The largest absolute Gasteiger partial charge is 0.465 e. The number of carbonyl (C=O) groups is 1. The summed E-state index contributed by atoms with van der Waals surface area (Å²) in [5.74, 6) is -2.14. The van der Waals surface area contributed by atoms with E-state index in [0.717, 1.165) is 18.2 Å². The zero-order valence-electron chi connectivity index (χ0n) is 11.5. The first kappa shape index (κ1) is 15.6. The molecule has 0 fully saturated rings. The van der Waals surface area contributed by atoms with Gasteiger partial charge in [-0.2, -0.15) is 0 Å². The topological polar surface area (TPSA) is 46.5 Å². The fourth-order valence-electron chi connectivity index (χ4n) is 1.72. The number of esters is 1. The highest BCUT2D eigenvalue weighted by Crippen LogP contribution is 2.41. The van der Waals surface area contributed by atoms with E-state index >= 15 is 0 Å². The van der Waals surface area contributed by atoms with Crippen LogP contribution >= 0.6 is 0 Å². The van der Waals surface area contributed by atoms with Gasteiger partial charge in [0.1, 0.15) is 17.2 Å². The molecule has 19 heavy (non-hydrogen) atoms. The third-order valence-corrected chi connectivity index (χ3v) is 3.46. The van der Waals surface area contributed by atoms with E-state index < -0.39 is 28.6 Å². The van der Waals surface area contributed by atoms with Gasteiger partial charge in [-0.15, -0.1) is 0 Å². The van der Waals surface area contributed by atoms with Crippen molar-refractivity contribution in [2.75, 3.05) is 6.61 Å². The van der Waals surface area contributed by atoms with Gasteiger partial charge in [-0.3, -0.25) is 4.79 Å². The molecule has 0 aliphatic heterocycles. The summed E-state index contributed by atoms with van der Waals surface area (Å²) >= 11 is 0. The predicted molar refractivity (Wildman–Crippen MR) is 66.3 cm³/mol. The summed E-state index contributed by atoms with van der Waals surface area (Å²) in [5.41, 5.74) is -3.59. The predicted octanol–water partition coefficient (Wildman–Crippen LogP) is 2.76. The lowest BCUT2D eigenvalue weighted by Gasteiger charge is -2.38. The van der Waals surface area contributed by atoms with E-state index in [1.165, 1.54) is 20.8 Å². The SMILES string of the molecule is CCOC(=O)C(C)(C)C(C)(O)c1cc(F)ccc1F. The minimum absolute atomic E-state index is 0.143. The fraction of sp³-hybridized carbons (Fsp3) is 0.500. The molecule has 1 atom stereocenters. The van der Waals surface area contributed by atoms with Crippen molar-refractivity contribution in [2.45, 2.75) is 33.3 Å². The van der Waals surface area contributed by atoms with Crippen LogP contribution in [-0.2, 0) is 15.1 Å². The lowest BCUT2D eigenvalue weighted by Crippen LogP contribution is -2.46. The van der Waals surface area contributed by atoms with Gasteiger partial charge in [0, 0.05) is 5.56 Å². The number of halogens is 2. The van der Waals surface area contributed by atoms with Crippen molar-refractivity contribution >= 4 is 5.97 Å². The maximum atomic E-state index is 13.8. The van der Waals surface area contributed by atoms with Gasteiger partial charge in [0.15, 0.2) is 0 Å². The van der Waals surface area contributed by atoms with Crippen molar-refractivity contribution in [3.05, 3.63) is 35.4 Å². The average molecular weight is 272 g/mol. The van der Waals surface area contributed by atoms with Crippen LogP contribution < -0.4 is 0 Å². The Morgan fingerprint density at radius 1 is 1.32 bits per heavy atom. The third kappa shape index (κ3) is 2.76. The van der Waals surface area contributed by atoms with Crippen molar-refractivity contribution in [1.82, 2.24) is 0 Å². The molecule has 1 rings (SSSR count). The second-order valence-electron chi connectivity index (χ2n) is 5.04. The molecule has 0 radical (unpaired) electrons. The molecule has 1 N–H and O–H groups in total. The Morgan fingerprint density at radius 3 is 2.42 bits per heavy atom. The molecule has 3 nitrogen and oxygen atoms in total. The average Bonchev–Trinajstić information content (AvgIpc) is 2.32. The van der Waals surface area contributed by atoms with Crippen LogP contribution in [0.15, 0.2) is 18.2 Å². The smallest absolute Gasteiger partial charge is 0.314 e. The van der Waals surface area contributed by atoms with Crippen molar-refractivity contribution in [1.29, 1.82) is 0 Å². The number of benzene rings is 1. The van der Waals surface area contributed by atoms with E-state index in [-0.39, 0.29) is 12.2 Å². The first-order valence-corrected chi connectivity index (χ1v) is 5.99. The zero-order valence-corrected chi connectivity index (χ0v) is 11.5. The van der Waals surface area contributed by atoms with Gasteiger partial charge in [0.05, 0.1) is 12.0 Å². The van der Waals surface area contributed by atoms with Crippen molar-refractivity contribution in [3.8, 4) is 0 Å². The molecule has 0 spiro atoms. The molecule has 106 valence electrons. The number of hydrogen-bond acceptors (Lipinski definition) is 3. The molecule has 1 aromatic carbocycles. The molecule has 0 amide bonds. The number of carbonyl (C=O) groups excluding carboxylic acids is 1.